The zero-order valence-electron chi connectivity index (χ0n) is 14.6. The van der Waals surface area contributed by atoms with Gasteiger partial charge in [0.15, 0.2) is 4.34 Å². The third-order valence-electron chi connectivity index (χ3n) is 4.48. The minimum atomic E-state index is -0.285. The zero-order chi connectivity index (χ0) is 17.9. The molecule has 25 heavy (non-hydrogen) atoms. The monoisotopic (exact) mass is 378 g/mol. The third kappa shape index (κ3) is 4.06. The van der Waals surface area contributed by atoms with Crippen molar-refractivity contribution in [2.75, 3.05) is 13.7 Å². The van der Waals surface area contributed by atoms with Crippen molar-refractivity contribution in [1.29, 1.82) is 0 Å². The number of rotatable bonds is 5. The van der Waals surface area contributed by atoms with Gasteiger partial charge in [-0.3, -0.25) is 0 Å². The SMILES string of the molecule is CO[C@]1(c2cnc(Sc3ccc(/C(C)=N\O)cc3)s2)CCO[C@@H](C)C1. The van der Waals surface area contributed by atoms with Gasteiger partial charge in [-0.05, 0) is 31.5 Å². The van der Waals surface area contributed by atoms with Crippen LogP contribution in [0.25, 0.3) is 0 Å². The molecule has 134 valence electrons. The second-order valence-electron chi connectivity index (χ2n) is 6.14. The molecule has 2 heterocycles. The lowest BCUT2D eigenvalue weighted by Crippen LogP contribution is -2.38. The Kier molecular flexibility index (Phi) is 5.78. The summed E-state index contributed by atoms with van der Waals surface area (Å²) in [6, 6.07) is 7.92. The topological polar surface area (TPSA) is 63.9 Å². The highest BCUT2D eigenvalue weighted by molar-refractivity contribution is 8.01. The van der Waals surface area contributed by atoms with E-state index in [1.54, 1.807) is 37.1 Å². The molecule has 0 unspecified atom stereocenters. The first-order valence-corrected chi connectivity index (χ1v) is 9.79. The summed E-state index contributed by atoms with van der Waals surface area (Å²) in [5.41, 5.74) is 1.22. The van der Waals surface area contributed by atoms with Crippen molar-refractivity contribution in [3.8, 4) is 0 Å². The summed E-state index contributed by atoms with van der Waals surface area (Å²) in [6.07, 6.45) is 3.83. The summed E-state index contributed by atoms with van der Waals surface area (Å²) in [7, 11) is 1.77. The van der Waals surface area contributed by atoms with Crippen molar-refractivity contribution in [1.82, 2.24) is 4.98 Å². The molecule has 2 aromatic rings. The molecule has 1 aromatic carbocycles. The van der Waals surface area contributed by atoms with Gasteiger partial charge in [-0.1, -0.05) is 29.1 Å². The molecule has 0 saturated carbocycles. The normalized spacial score (nSPS) is 24.4. The molecule has 1 saturated heterocycles. The Bertz CT molecular complexity index is 745. The Hall–Kier alpha value is -1.41. The van der Waals surface area contributed by atoms with E-state index < -0.39 is 0 Å². The van der Waals surface area contributed by atoms with Gasteiger partial charge in [-0.25, -0.2) is 4.98 Å². The molecular formula is C18H22N2O3S2. The summed E-state index contributed by atoms with van der Waals surface area (Å²) < 4.78 is 12.6. The van der Waals surface area contributed by atoms with E-state index >= 15 is 0 Å². The van der Waals surface area contributed by atoms with Gasteiger partial charge >= 0.3 is 0 Å². The van der Waals surface area contributed by atoms with Crippen molar-refractivity contribution >= 4 is 28.8 Å². The Balaban J connectivity index is 1.75. The Morgan fingerprint density at radius 1 is 1.44 bits per heavy atom. The predicted octanol–water partition coefficient (Wildman–Crippen LogP) is 4.53. The van der Waals surface area contributed by atoms with Gasteiger partial charge in [-0.15, -0.1) is 11.3 Å². The molecule has 0 aliphatic carbocycles. The molecular weight excluding hydrogens is 356 g/mol. The van der Waals surface area contributed by atoms with E-state index in [0.29, 0.717) is 12.3 Å². The van der Waals surface area contributed by atoms with Crippen molar-refractivity contribution in [2.24, 2.45) is 5.16 Å². The molecule has 5 nitrogen and oxygen atoms in total. The number of aromatic nitrogens is 1. The second kappa shape index (κ2) is 7.86. The maximum atomic E-state index is 8.84. The molecule has 0 radical (unpaired) electrons. The van der Waals surface area contributed by atoms with Gasteiger partial charge in [0, 0.05) is 31.0 Å². The molecule has 2 atom stereocenters. The molecule has 0 amide bonds. The Labute approximate surface area is 156 Å². The van der Waals surface area contributed by atoms with Crippen LogP contribution in [0.4, 0.5) is 0 Å². The summed E-state index contributed by atoms with van der Waals surface area (Å²) in [5, 5.41) is 12.1. The van der Waals surface area contributed by atoms with Crippen LogP contribution in [0.2, 0.25) is 0 Å². The quantitative estimate of drug-likeness (QED) is 0.470. The minimum absolute atomic E-state index is 0.191. The summed E-state index contributed by atoms with van der Waals surface area (Å²) in [5.74, 6) is 0. The third-order valence-corrected chi connectivity index (χ3v) is 6.74. The van der Waals surface area contributed by atoms with E-state index in [2.05, 4.69) is 17.1 Å². The van der Waals surface area contributed by atoms with E-state index in [1.165, 1.54) is 0 Å². The first-order valence-electron chi connectivity index (χ1n) is 8.16. The maximum absolute atomic E-state index is 8.84. The fourth-order valence-corrected chi connectivity index (χ4v) is 5.16. The molecule has 0 spiro atoms. The van der Waals surface area contributed by atoms with Gasteiger partial charge in [-0.2, -0.15) is 0 Å². The molecule has 1 aliphatic rings. The highest BCUT2D eigenvalue weighted by Gasteiger charge is 2.39. The highest BCUT2D eigenvalue weighted by Crippen LogP contribution is 2.43. The standard InChI is InChI=1S/C18H22N2O3S2/c1-12-10-18(22-3,8-9-23-12)16-11-19-17(25-16)24-15-6-4-14(5-7-15)13(2)20-21/h4-7,11-12,21H,8-10H2,1-3H3/b20-13-/t12-,18+/m0/s1. The second-order valence-corrected chi connectivity index (χ2v) is 8.49. The largest absolute Gasteiger partial charge is 0.411 e. The number of nitrogens with zero attached hydrogens (tertiary/aromatic N) is 2. The molecule has 1 aliphatic heterocycles. The first kappa shape index (κ1) is 18.4. The van der Waals surface area contributed by atoms with E-state index in [-0.39, 0.29) is 11.7 Å². The van der Waals surface area contributed by atoms with Crippen LogP contribution in [0.3, 0.4) is 0 Å². The van der Waals surface area contributed by atoms with Crippen molar-refractivity contribution in [3.05, 3.63) is 40.9 Å². The lowest BCUT2D eigenvalue weighted by molar-refractivity contribution is -0.120. The lowest BCUT2D eigenvalue weighted by atomic mass is 9.89. The maximum Gasteiger partial charge on any atom is 0.154 e. The van der Waals surface area contributed by atoms with Crippen LogP contribution in [0.1, 0.15) is 37.1 Å². The molecule has 1 fully saturated rings. The average Bonchev–Trinajstić information content (AvgIpc) is 3.10. The fraction of sp³-hybridized carbons (Fsp3) is 0.444. The number of ether oxygens (including phenoxy) is 2. The van der Waals surface area contributed by atoms with Gasteiger partial charge in [0.05, 0.1) is 23.3 Å². The van der Waals surface area contributed by atoms with Crippen LogP contribution >= 0.6 is 23.1 Å². The number of hydrogen-bond donors (Lipinski definition) is 1. The molecule has 0 bridgehead atoms. The predicted molar refractivity (Wildman–Crippen MR) is 100 cm³/mol. The van der Waals surface area contributed by atoms with Gasteiger partial charge in [0.1, 0.15) is 5.60 Å². The van der Waals surface area contributed by atoms with Crippen LogP contribution in [0.15, 0.2) is 44.9 Å². The summed E-state index contributed by atoms with van der Waals surface area (Å²) in [4.78, 5) is 6.83. The average molecular weight is 379 g/mol. The molecule has 1 aromatic heterocycles. The lowest BCUT2D eigenvalue weighted by Gasteiger charge is -2.37. The fourth-order valence-electron chi connectivity index (χ4n) is 3.00. The van der Waals surface area contributed by atoms with Crippen molar-refractivity contribution in [2.45, 2.75) is 47.6 Å². The van der Waals surface area contributed by atoms with Gasteiger partial charge in [0.25, 0.3) is 0 Å². The Morgan fingerprint density at radius 2 is 2.20 bits per heavy atom. The van der Waals surface area contributed by atoms with Gasteiger partial charge in [0.2, 0.25) is 0 Å². The summed E-state index contributed by atoms with van der Waals surface area (Å²) >= 11 is 3.31. The molecule has 3 rings (SSSR count). The number of benzene rings is 1. The van der Waals surface area contributed by atoms with Crippen molar-refractivity contribution in [3.63, 3.8) is 0 Å². The minimum Gasteiger partial charge on any atom is -0.411 e. The zero-order valence-corrected chi connectivity index (χ0v) is 16.2. The van der Waals surface area contributed by atoms with E-state index in [1.807, 2.05) is 30.5 Å². The number of methoxy groups -OCH3 is 1. The molecule has 1 N–H and O–H groups in total. The number of oxime groups is 1. The van der Waals surface area contributed by atoms with Crippen LogP contribution in [-0.4, -0.2) is 35.7 Å². The van der Waals surface area contributed by atoms with E-state index in [0.717, 1.165) is 32.5 Å². The first-order chi connectivity index (χ1) is 12.1. The number of hydrogen-bond acceptors (Lipinski definition) is 7. The number of thiazole rings is 1. The van der Waals surface area contributed by atoms with E-state index in [4.69, 9.17) is 14.7 Å². The van der Waals surface area contributed by atoms with Crippen LogP contribution in [0.5, 0.6) is 0 Å². The van der Waals surface area contributed by atoms with Gasteiger partial charge < -0.3 is 14.7 Å². The molecule has 7 heteroatoms. The highest BCUT2D eigenvalue weighted by atomic mass is 32.2. The summed E-state index contributed by atoms with van der Waals surface area (Å²) in [6.45, 7) is 4.57. The smallest absolute Gasteiger partial charge is 0.154 e. The Morgan fingerprint density at radius 3 is 2.84 bits per heavy atom. The van der Waals surface area contributed by atoms with Crippen LogP contribution < -0.4 is 0 Å². The van der Waals surface area contributed by atoms with Crippen molar-refractivity contribution < 1.29 is 14.7 Å². The van der Waals surface area contributed by atoms with Crippen LogP contribution in [0, 0.1) is 0 Å². The van der Waals surface area contributed by atoms with Crippen LogP contribution in [-0.2, 0) is 15.1 Å². The van der Waals surface area contributed by atoms with E-state index in [9.17, 15) is 0 Å².